The number of benzene rings is 1. The van der Waals surface area contributed by atoms with Gasteiger partial charge in [0.15, 0.2) is 0 Å². The first kappa shape index (κ1) is 12.0. The standard InChI is InChI=1S/C13H18FN3/c1-9(15)4-3-5-13-16-11-8-10(14)6-7-12(11)17(13)2/h6-9H,3-5,15H2,1-2H3. The maximum atomic E-state index is 13.1. The molecule has 1 aromatic carbocycles. The highest BCUT2D eigenvalue weighted by molar-refractivity contribution is 5.75. The molecule has 17 heavy (non-hydrogen) atoms. The van der Waals surface area contributed by atoms with Crippen LogP contribution in [0.25, 0.3) is 11.0 Å². The minimum atomic E-state index is -0.238. The highest BCUT2D eigenvalue weighted by atomic mass is 19.1. The van der Waals surface area contributed by atoms with E-state index in [9.17, 15) is 4.39 Å². The highest BCUT2D eigenvalue weighted by Crippen LogP contribution is 2.17. The summed E-state index contributed by atoms with van der Waals surface area (Å²) in [5.41, 5.74) is 7.41. The number of aryl methyl sites for hydroxylation is 2. The van der Waals surface area contributed by atoms with Crippen molar-refractivity contribution >= 4 is 11.0 Å². The zero-order chi connectivity index (χ0) is 12.4. The third-order valence-corrected chi connectivity index (χ3v) is 3.00. The summed E-state index contributed by atoms with van der Waals surface area (Å²) < 4.78 is 15.1. The second-order valence-electron chi connectivity index (χ2n) is 4.59. The fourth-order valence-corrected chi connectivity index (χ4v) is 2.03. The Morgan fingerprint density at radius 1 is 1.47 bits per heavy atom. The van der Waals surface area contributed by atoms with Crippen LogP contribution in [0.1, 0.15) is 25.6 Å². The lowest BCUT2D eigenvalue weighted by Crippen LogP contribution is -2.14. The summed E-state index contributed by atoms with van der Waals surface area (Å²) in [5, 5.41) is 0. The maximum absolute atomic E-state index is 13.1. The Morgan fingerprint density at radius 3 is 2.94 bits per heavy atom. The molecular formula is C13H18FN3. The van der Waals surface area contributed by atoms with Crippen LogP contribution in [0.5, 0.6) is 0 Å². The van der Waals surface area contributed by atoms with Crippen LogP contribution >= 0.6 is 0 Å². The molecule has 3 nitrogen and oxygen atoms in total. The van der Waals surface area contributed by atoms with Crippen LogP contribution in [-0.2, 0) is 13.5 Å². The summed E-state index contributed by atoms with van der Waals surface area (Å²) in [5.74, 6) is 0.754. The third-order valence-electron chi connectivity index (χ3n) is 3.00. The number of aromatic nitrogens is 2. The Hall–Kier alpha value is -1.42. The number of hydrogen-bond acceptors (Lipinski definition) is 2. The molecule has 0 radical (unpaired) electrons. The number of fused-ring (bicyclic) bond motifs is 1. The van der Waals surface area contributed by atoms with Crippen LogP contribution in [-0.4, -0.2) is 15.6 Å². The lowest BCUT2D eigenvalue weighted by atomic mass is 10.1. The van der Waals surface area contributed by atoms with Crippen LogP contribution < -0.4 is 5.73 Å². The molecule has 1 aromatic heterocycles. The van der Waals surface area contributed by atoms with E-state index in [0.717, 1.165) is 36.1 Å². The number of hydrogen-bond donors (Lipinski definition) is 1. The van der Waals surface area contributed by atoms with Crippen molar-refractivity contribution in [2.24, 2.45) is 12.8 Å². The van der Waals surface area contributed by atoms with Crippen LogP contribution in [0.15, 0.2) is 18.2 Å². The molecule has 1 unspecified atom stereocenters. The molecule has 0 aliphatic carbocycles. The Balaban J connectivity index is 2.20. The Labute approximate surface area is 100 Å². The lowest BCUT2D eigenvalue weighted by molar-refractivity contribution is 0.607. The monoisotopic (exact) mass is 235 g/mol. The number of halogens is 1. The molecule has 0 fully saturated rings. The molecule has 1 heterocycles. The van der Waals surface area contributed by atoms with E-state index in [0.29, 0.717) is 0 Å². The molecule has 0 bridgehead atoms. The Morgan fingerprint density at radius 2 is 2.24 bits per heavy atom. The molecule has 2 N–H and O–H groups in total. The van der Waals surface area contributed by atoms with Gasteiger partial charge >= 0.3 is 0 Å². The molecule has 0 amide bonds. The minimum Gasteiger partial charge on any atom is -0.331 e. The normalized spacial score (nSPS) is 13.2. The molecule has 92 valence electrons. The summed E-state index contributed by atoms with van der Waals surface area (Å²) >= 11 is 0. The van der Waals surface area contributed by atoms with Gasteiger partial charge in [0.05, 0.1) is 11.0 Å². The Bertz CT molecular complexity index is 517. The summed E-state index contributed by atoms with van der Waals surface area (Å²) in [4.78, 5) is 4.45. The predicted molar refractivity (Wildman–Crippen MR) is 67.3 cm³/mol. The number of imidazole rings is 1. The van der Waals surface area contributed by atoms with Crippen LogP contribution in [0, 0.1) is 5.82 Å². The molecule has 2 rings (SSSR count). The molecule has 0 spiro atoms. The summed E-state index contributed by atoms with van der Waals surface area (Å²) in [6.07, 6.45) is 2.88. The highest BCUT2D eigenvalue weighted by Gasteiger charge is 2.08. The number of nitrogens with zero attached hydrogens (tertiary/aromatic N) is 2. The van der Waals surface area contributed by atoms with E-state index in [1.165, 1.54) is 12.1 Å². The Kier molecular flexibility index (Phi) is 3.43. The van der Waals surface area contributed by atoms with Gasteiger partial charge in [-0.25, -0.2) is 9.37 Å². The van der Waals surface area contributed by atoms with Gasteiger partial charge in [0, 0.05) is 25.6 Å². The van der Waals surface area contributed by atoms with Crippen LogP contribution in [0.3, 0.4) is 0 Å². The van der Waals surface area contributed by atoms with Crippen molar-refractivity contribution in [3.05, 3.63) is 29.8 Å². The predicted octanol–water partition coefficient (Wildman–Crippen LogP) is 2.38. The van der Waals surface area contributed by atoms with E-state index in [2.05, 4.69) is 4.98 Å². The molecule has 0 saturated carbocycles. The second-order valence-corrected chi connectivity index (χ2v) is 4.59. The van der Waals surface area contributed by atoms with Crippen molar-refractivity contribution in [3.8, 4) is 0 Å². The van der Waals surface area contributed by atoms with Crippen LogP contribution in [0.4, 0.5) is 4.39 Å². The smallest absolute Gasteiger partial charge is 0.125 e. The van der Waals surface area contributed by atoms with Gasteiger partial charge in [0.2, 0.25) is 0 Å². The molecular weight excluding hydrogens is 217 g/mol. The fraction of sp³-hybridized carbons (Fsp3) is 0.462. The molecule has 0 aliphatic rings. The van der Waals surface area contributed by atoms with Crippen LogP contribution in [0.2, 0.25) is 0 Å². The van der Waals surface area contributed by atoms with Gasteiger partial charge in [-0.1, -0.05) is 0 Å². The first-order valence-electron chi connectivity index (χ1n) is 5.94. The van der Waals surface area contributed by atoms with Gasteiger partial charge < -0.3 is 10.3 Å². The van der Waals surface area contributed by atoms with Gasteiger partial charge in [0.25, 0.3) is 0 Å². The van der Waals surface area contributed by atoms with Crippen molar-refractivity contribution in [1.82, 2.24) is 9.55 Å². The van der Waals surface area contributed by atoms with Crippen molar-refractivity contribution in [1.29, 1.82) is 0 Å². The van der Waals surface area contributed by atoms with Crippen molar-refractivity contribution in [2.45, 2.75) is 32.2 Å². The van der Waals surface area contributed by atoms with Gasteiger partial charge in [-0.05, 0) is 31.9 Å². The third kappa shape index (κ3) is 2.64. The molecule has 1 atom stereocenters. The quantitative estimate of drug-likeness (QED) is 0.884. The van der Waals surface area contributed by atoms with Gasteiger partial charge in [-0.3, -0.25) is 0 Å². The van der Waals surface area contributed by atoms with E-state index in [1.54, 1.807) is 6.07 Å². The van der Waals surface area contributed by atoms with Crippen molar-refractivity contribution < 1.29 is 4.39 Å². The average Bonchev–Trinajstić information content (AvgIpc) is 2.55. The zero-order valence-corrected chi connectivity index (χ0v) is 10.3. The summed E-state index contributed by atoms with van der Waals surface area (Å²) in [7, 11) is 1.97. The summed E-state index contributed by atoms with van der Waals surface area (Å²) in [6, 6.07) is 4.94. The first-order chi connectivity index (χ1) is 8.08. The molecule has 0 aliphatic heterocycles. The maximum Gasteiger partial charge on any atom is 0.125 e. The van der Waals surface area contributed by atoms with E-state index in [1.807, 2.05) is 18.5 Å². The number of nitrogens with two attached hydrogens (primary N) is 1. The second kappa shape index (κ2) is 4.84. The van der Waals surface area contributed by atoms with E-state index >= 15 is 0 Å². The minimum absolute atomic E-state index is 0.224. The lowest BCUT2D eigenvalue weighted by Gasteiger charge is -2.04. The largest absolute Gasteiger partial charge is 0.331 e. The van der Waals surface area contributed by atoms with Crippen molar-refractivity contribution in [3.63, 3.8) is 0 Å². The van der Waals surface area contributed by atoms with Gasteiger partial charge in [-0.15, -0.1) is 0 Å². The van der Waals surface area contributed by atoms with Gasteiger partial charge in [-0.2, -0.15) is 0 Å². The first-order valence-corrected chi connectivity index (χ1v) is 5.94. The molecule has 4 heteroatoms. The molecule has 0 saturated heterocycles. The van der Waals surface area contributed by atoms with Crippen molar-refractivity contribution in [2.75, 3.05) is 0 Å². The van der Waals surface area contributed by atoms with E-state index in [4.69, 9.17) is 5.73 Å². The summed E-state index contributed by atoms with van der Waals surface area (Å²) in [6.45, 7) is 2.00. The zero-order valence-electron chi connectivity index (χ0n) is 10.3. The topological polar surface area (TPSA) is 43.8 Å². The van der Waals surface area contributed by atoms with Gasteiger partial charge in [0.1, 0.15) is 11.6 Å². The van der Waals surface area contributed by atoms with E-state index in [-0.39, 0.29) is 11.9 Å². The average molecular weight is 235 g/mol. The fourth-order valence-electron chi connectivity index (χ4n) is 2.03. The van der Waals surface area contributed by atoms with E-state index < -0.39 is 0 Å². The SMILES string of the molecule is CC(N)CCCc1nc2cc(F)ccc2n1C. The number of rotatable bonds is 4. The molecule has 2 aromatic rings.